The van der Waals surface area contributed by atoms with Gasteiger partial charge in [-0.25, -0.2) is 0 Å². The Hall–Kier alpha value is -0.810. The summed E-state index contributed by atoms with van der Waals surface area (Å²) in [4.78, 5) is 6.99. The molecule has 0 saturated carbocycles. The van der Waals surface area contributed by atoms with E-state index in [1.165, 1.54) is 5.69 Å². The fourth-order valence-electron chi connectivity index (χ4n) is 3.00. The van der Waals surface area contributed by atoms with Gasteiger partial charge in [-0.2, -0.15) is 0 Å². The van der Waals surface area contributed by atoms with Crippen molar-refractivity contribution < 1.29 is 5.11 Å². The Morgan fingerprint density at radius 1 is 1.18 bits per heavy atom. The molecule has 5 heteroatoms. The molecule has 0 bridgehead atoms. The third-order valence-corrected chi connectivity index (χ3v) is 4.61. The Labute approximate surface area is 139 Å². The lowest BCUT2D eigenvalue weighted by Gasteiger charge is -2.37. The van der Waals surface area contributed by atoms with Crippen LogP contribution >= 0.6 is 11.6 Å². The van der Waals surface area contributed by atoms with Crippen molar-refractivity contribution in [3.8, 4) is 0 Å². The second-order valence-corrected chi connectivity index (χ2v) is 6.34. The summed E-state index contributed by atoms with van der Waals surface area (Å²) in [5.41, 5.74) is 1.19. The summed E-state index contributed by atoms with van der Waals surface area (Å²) in [7, 11) is 0. The fourth-order valence-corrected chi connectivity index (χ4v) is 3.18. The number of rotatable bonds is 7. The molecule has 0 spiro atoms. The van der Waals surface area contributed by atoms with E-state index in [1.54, 1.807) is 0 Å². The molecule has 0 aliphatic carbocycles. The maximum Gasteiger partial charge on any atom is 0.0793 e. The average Bonchev–Trinajstić information content (AvgIpc) is 2.53. The van der Waals surface area contributed by atoms with Gasteiger partial charge in [-0.3, -0.25) is 4.90 Å². The molecule has 1 aromatic rings. The third-order valence-electron chi connectivity index (χ3n) is 4.38. The topological polar surface area (TPSA) is 30.0 Å². The average molecular weight is 326 g/mol. The van der Waals surface area contributed by atoms with Crippen LogP contribution < -0.4 is 4.90 Å². The lowest BCUT2D eigenvalue weighted by atomic mass is 10.2. The van der Waals surface area contributed by atoms with Crippen LogP contribution in [0.4, 0.5) is 5.69 Å². The van der Waals surface area contributed by atoms with Gasteiger partial charge in [0.1, 0.15) is 0 Å². The zero-order valence-corrected chi connectivity index (χ0v) is 14.5. The van der Waals surface area contributed by atoms with Crippen molar-refractivity contribution in [2.45, 2.75) is 20.0 Å². The number of aliphatic hydroxyl groups is 1. The van der Waals surface area contributed by atoms with Gasteiger partial charge < -0.3 is 14.9 Å². The minimum Gasteiger partial charge on any atom is -0.390 e. The number of hydrogen-bond donors (Lipinski definition) is 1. The predicted octanol–water partition coefficient (Wildman–Crippen LogP) is 2.16. The Balaban J connectivity index is 1.77. The molecule has 124 valence electrons. The van der Waals surface area contributed by atoms with Gasteiger partial charge in [-0.05, 0) is 31.3 Å². The number of likely N-dealkylation sites (N-methyl/N-ethyl adjacent to an activating group) is 1. The lowest BCUT2D eigenvalue weighted by Crippen LogP contribution is -2.50. The van der Waals surface area contributed by atoms with Crippen LogP contribution in [0.15, 0.2) is 24.3 Å². The number of β-amino-alcohol motifs (C(OH)–C–C–N with tert-alkyl or cyclic N) is 1. The Bertz CT molecular complexity index is 445. The van der Waals surface area contributed by atoms with Gasteiger partial charge in [0.15, 0.2) is 0 Å². The molecule has 1 saturated heterocycles. The second-order valence-electron chi connectivity index (χ2n) is 5.91. The van der Waals surface area contributed by atoms with Crippen LogP contribution in [-0.2, 0) is 0 Å². The summed E-state index contributed by atoms with van der Waals surface area (Å²) in [6, 6.07) is 8.03. The standard InChI is InChI=1S/C17H28ClN3O/c1-3-19(4-2)13-17(22)14-20-8-10-21(11-9-20)16-7-5-6-15(18)12-16/h5-7,12,17,22H,3-4,8-11,13-14H2,1-2H3. The molecule has 1 atom stereocenters. The summed E-state index contributed by atoms with van der Waals surface area (Å²) in [6.45, 7) is 11.7. The Morgan fingerprint density at radius 3 is 2.45 bits per heavy atom. The van der Waals surface area contributed by atoms with Gasteiger partial charge in [-0.1, -0.05) is 31.5 Å². The van der Waals surface area contributed by atoms with E-state index in [1.807, 2.05) is 18.2 Å². The maximum atomic E-state index is 10.2. The molecule has 1 aliphatic heterocycles. The fraction of sp³-hybridized carbons (Fsp3) is 0.647. The molecule has 0 radical (unpaired) electrons. The van der Waals surface area contributed by atoms with E-state index in [4.69, 9.17) is 11.6 Å². The first-order valence-corrected chi connectivity index (χ1v) is 8.63. The first kappa shape index (κ1) is 17.5. The molecule has 22 heavy (non-hydrogen) atoms. The first-order chi connectivity index (χ1) is 10.6. The quantitative estimate of drug-likeness (QED) is 0.832. The van der Waals surface area contributed by atoms with Crippen molar-refractivity contribution >= 4 is 17.3 Å². The number of piperazine rings is 1. The molecular formula is C17H28ClN3O. The summed E-state index contributed by atoms with van der Waals surface area (Å²) >= 11 is 6.06. The minimum atomic E-state index is -0.266. The van der Waals surface area contributed by atoms with Crippen molar-refractivity contribution in [3.05, 3.63) is 29.3 Å². The third kappa shape index (κ3) is 5.13. The summed E-state index contributed by atoms with van der Waals surface area (Å²) in [6.07, 6.45) is -0.266. The highest BCUT2D eigenvalue weighted by Crippen LogP contribution is 2.20. The number of halogens is 1. The number of anilines is 1. The summed E-state index contributed by atoms with van der Waals surface area (Å²) < 4.78 is 0. The van der Waals surface area contributed by atoms with Gasteiger partial charge in [0.2, 0.25) is 0 Å². The van der Waals surface area contributed by atoms with Crippen LogP contribution in [-0.4, -0.2) is 73.4 Å². The summed E-state index contributed by atoms with van der Waals surface area (Å²) in [5.74, 6) is 0. The van der Waals surface area contributed by atoms with E-state index in [0.29, 0.717) is 0 Å². The second kappa shape index (κ2) is 8.73. The van der Waals surface area contributed by atoms with E-state index in [0.717, 1.165) is 57.4 Å². The predicted molar refractivity (Wildman–Crippen MR) is 93.9 cm³/mol. The molecule has 2 rings (SSSR count). The first-order valence-electron chi connectivity index (χ1n) is 8.25. The molecule has 1 N–H and O–H groups in total. The van der Waals surface area contributed by atoms with Crippen LogP contribution in [0.3, 0.4) is 0 Å². The number of hydrogen-bond acceptors (Lipinski definition) is 4. The smallest absolute Gasteiger partial charge is 0.0793 e. The molecule has 1 heterocycles. The molecule has 1 aliphatic rings. The van der Waals surface area contributed by atoms with Crippen LogP contribution in [0.25, 0.3) is 0 Å². The monoisotopic (exact) mass is 325 g/mol. The molecule has 1 fully saturated rings. The molecule has 0 aromatic heterocycles. The summed E-state index contributed by atoms with van der Waals surface area (Å²) in [5, 5.41) is 11.0. The van der Waals surface area contributed by atoms with Crippen molar-refractivity contribution in [1.29, 1.82) is 0 Å². The van der Waals surface area contributed by atoms with E-state index < -0.39 is 0 Å². The van der Waals surface area contributed by atoms with E-state index in [-0.39, 0.29) is 6.10 Å². The minimum absolute atomic E-state index is 0.266. The van der Waals surface area contributed by atoms with Gasteiger partial charge in [0.05, 0.1) is 6.10 Å². The Kier molecular flexibility index (Phi) is 6.96. The Morgan fingerprint density at radius 2 is 1.86 bits per heavy atom. The zero-order valence-electron chi connectivity index (χ0n) is 13.7. The van der Waals surface area contributed by atoms with Crippen molar-refractivity contribution in [2.24, 2.45) is 0 Å². The van der Waals surface area contributed by atoms with Gasteiger partial charge in [0, 0.05) is 50.0 Å². The number of nitrogens with zero attached hydrogens (tertiary/aromatic N) is 3. The highest BCUT2D eigenvalue weighted by Gasteiger charge is 2.20. The number of aliphatic hydroxyl groups excluding tert-OH is 1. The van der Waals surface area contributed by atoms with Crippen LogP contribution in [0, 0.1) is 0 Å². The SMILES string of the molecule is CCN(CC)CC(O)CN1CCN(c2cccc(Cl)c2)CC1. The van der Waals surface area contributed by atoms with Gasteiger partial charge in [-0.15, -0.1) is 0 Å². The molecular weight excluding hydrogens is 298 g/mol. The van der Waals surface area contributed by atoms with Crippen LogP contribution in [0.1, 0.15) is 13.8 Å². The van der Waals surface area contributed by atoms with Crippen molar-refractivity contribution in [1.82, 2.24) is 9.80 Å². The van der Waals surface area contributed by atoms with Gasteiger partial charge >= 0.3 is 0 Å². The molecule has 1 aromatic carbocycles. The van der Waals surface area contributed by atoms with Crippen LogP contribution in [0.5, 0.6) is 0 Å². The van der Waals surface area contributed by atoms with E-state index in [9.17, 15) is 5.11 Å². The van der Waals surface area contributed by atoms with Crippen molar-refractivity contribution in [2.75, 3.05) is 57.3 Å². The maximum absolute atomic E-state index is 10.2. The largest absolute Gasteiger partial charge is 0.390 e. The molecule has 1 unspecified atom stereocenters. The molecule has 0 amide bonds. The van der Waals surface area contributed by atoms with E-state index >= 15 is 0 Å². The highest BCUT2D eigenvalue weighted by atomic mass is 35.5. The normalized spacial score (nSPS) is 18.0. The molecule has 4 nitrogen and oxygen atoms in total. The highest BCUT2D eigenvalue weighted by molar-refractivity contribution is 6.30. The van der Waals surface area contributed by atoms with Crippen molar-refractivity contribution in [3.63, 3.8) is 0 Å². The lowest BCUT2D eigenvalue weighted by molar-refractivity contribution is 0.0749. The van der Waals surface area contributed by atoms with Gasteiger partial charge in [0.25, 0.3) is 0 Å². The van der Waals surface area contributed by atoms with Crippen LogP contribution in [0.2, 0.25) is 5.02 Å². The van der Waals surface area contributed by atoms with E-state index in [2.05, 4.69) is 34.6 Å². The zero-order chi connectivity index (χ0) is 15.9. The number of benzene rings is 1.